The molecule has 1 aliphatic rings. The molecular formula is C11H18Cl2N2O. The van der Waals surface area contributed by atoms with Crippen molar-refractivity contribution in [3.8, 4) is 0 Å². The van der Waals surface area contributed by atoms with Crippen LogP contribution >= 0.6 is 24.8 Å². The number of nitrogens with zero attached hydrogens (tertiary/aromatic N) is 1. The second-order valence-electron chi connectivity index (χ2n) is 3.74. The van der Waals surface area contributed by atoms with Crippen molar-refractivity contribution in [2.75, 3.05) is 19.7 Å². The fourth-order valence-electron chi connectivity index (χ4n) is 1.68. The van der Waals surface area contributed by atoms with Crippen molar-refractivity contribution in [3.63, 3.8) is 0 Å². The lowest BCUT2D eigenvalue weighted by Crippen LogP contribution is -2.13. The standard InChI is InChI=1S/C11H16N2O.2ClH/c1-2-10(6-12-4-1)8-14-9-11-3-5-13-7-11;;/h1-2,4,6,11,13H,3,5,7-9H2;2*1H. The summed E-state index contributed by atoms with van der Waals surface area (Å²) in [7, 11) is 0. The smallest absolute Gasteiger partial charge is 0.0731 e. The second kappa shape index (κ2) is 8.76. The van der Waals surface area contributed by atoms with E-state index < -0.39 is 0 Å². The van der Waals surface area contributed by atoms with Crippen LogP contribution in [0.3, 0.4) is 0 Å². The van der Waals surface area contributed by atoms with Gasteiger partial charge in [0.1, 0.15) is 0 Å². The van der Waals surface area contributed by atoms with Gasteiger partial charge in [-0.3, -0.25) is 4.98 Å². The zero-order chi connectivity index (χ0) is 9.64. The molecule has 1 aromatic heterocycles. The molecule has 0 radical (unpaired) electrons. The zero-order valence-electron chi connectivity index (χ0n) is 9.09. The molecule has 1 N–H and O–H groups in total. The Hall–Kier alpha value is -0.350. The van der Waals surface area contributed by atoms with Crippen molar-refractivity contribution in [1.82, 2.24) is 10.3 Å². The molecule has 2 heterocycles. The largest absolute Gasteiger partial charge is 0.376 e. The molecule has 1 fully saturated rings. The third-order valence-electron chi connectivity index (χ3n) is 2.51. The molecule has 1 unspecified atom stereocenters. The van der Waals surface area contributed by atoms with Gasteiger partial charge in [0, 0.05) is 18.9 Å². The van der Waals surface area contributed by atoms with E-state index in [1.807, 2.05) is 18.3 Å². The highest BCUT2D eigenvalue weighted by Crippen LogP contribution is 2.08. The molecule has 1 aliphatic heterocycles. The van der Waals surface area contributed by atoms with Crippen molar-refractivity contribution in [1.29, 1.82) is 0 Å². The van der Waals surface area contributed by atoms with Gasteiger partial charge >= 0.3 is 0 Å². The Bertz CT molecular complexity index is 266. The van der Waals surface area contributed by atoms with E-state index in [1.165, 1.54) is 6.42 Å². The van der Waals surface area contributed by atoms with E-state index in [2.05, 4.69) is 10.3 Å². The number of halogens is 2. The Morgan fingerprint density at radius 2 is 2.31 bits per heavy atom. The first-order valence-electron chi connectivity index (χ1n) is 5.12. The van der Waals surface area contributed by atoms with Gasteiger partial charge in [-0.05, 0) is 30.5 Å². The van der Waals surface area contributed by atoms with Crippen LogP contribution in [0.1, 0.15) is 12.0 Å². The van der Waals surface area contributed by atoms with Gasteiger partial charge in [0.05, 0.1) is 13.2 Å². The van der Waals surface area contributed by atoms with Crippen LogP contribution in [0.25, 0.3) is 0 Å². The van der Waals surface area contributed by atoms with Gasteiger partial charge in [0.2, 0.25) is 0 Å². The Labute approximate surface area is 109 Å². The monoisotopic (exact) mass is 264 g/mol. The molecule has 16 heavy (non-hydrogen) atoms. The quantitative estimate of drug-likeness (QED) is 0.904. The van der Waals surface area contributed by atoms with E-state index in [9.17, 15) is 0 Å². The lowest BCUT2D eigenvalue weighted by molar-refractivity contribution is 0.0923. The summed E-state index contributed by atoms with van der Waals surface area (Å²) in [6, 6.07) is 3.98. The summed E-state index contributed by atoms with van der Waals surface area (Å²) < 4.78 is 5.62. The molecule has 1 atom stereocenters. The number of rotatable bonds is 4. The fraction of sp³-hybridized carbons (Fsp3) is 0.545. The maximum absolute atomic E-state index is 5.62. The third-order valence-corrected chi connectivity index (χ3v) is 2.51. The normalized spacial score (nSPS) is 18.6. The van der Waals surface area contributed by atoms with Crippen LogP contribution in [0.15, 0.2) is 24.5 Å². The molecule has 0 aromatic carbocycles. The summed E-state index contributed by atoms with van der Waals surface area (Å²) in [4.78, 5) is 4.04. The lowest BCUT2D eigenvalue weighted by Gasteiger charge is -2.08. The predicted octanol–water partition coefficient (Wildman–Crippen LogP) is 2.05. The highest BCUT2D eigenvalue weighted by molar-refractivity contribution is 5.85. The highest BCUT2D eigenvalue weighted by atomic mass is 35.5. The molecular weight excluding hydrogens is 247 g/mol. The summed E-state index contributed by atoms with van der Waals surface area (Å²) >= 11 is 0. The fourth-order valence-corrected chi connectivity index (χ4v) is 1.68. The molecule has 3 nitrogen and oxygen atoms in total. The number of nitrogens with one attached hydrogen (secondary N) is 1. The summed E-state index contributed by atoms with van der Waals surface area (Å²) in [5, 5.41) is 3.33. The lowest BCUT2D eigenvalue weighted by atomic mass is 10.1. The molecule has 5 heteroatoms. The highest BCUT2D eigenvalue weighted by Gasteiger charge is 2.13. The van der Waals surface area contributed by atoms with Gasteiger partial charge in [-0.15, -0.1) is 24.8 Å². The summed E-state index contributed by atoms with van der Waals surface area (Å²) in [5.41, 5.74) is 1.15. The summed E-state index contributed by atoms with van der Waals surface area (Å²) in [5.74, 6) is 0.701. The minimum absolute atomic E-state index is 0. The van der Waals surface area contributed by atoms with Crippen molar-refractivity contribution in [3.05, 3.63) is 30.1 Å². The minimum Gasteiger partial charge on any atom is -0.376 e. The number of hydrogen-bond acceptors (Lipinski definition) is 3. The average Bonchev–Trinajstić information content (AvgIpc) is 2.72. The van der Waals surface area contributed by atoms with Crippen LogP contribution in [0.2, 0.25) is 0 Å². The average molecular weight is 265 g/mol. The minimum atomic E-state index is 0. The molecule has 0 saturated carbocycles. The Kier molecular flexibility index (Phi) is 8.57. The first-order chi connectivity index (χ1) is 6.95. The van der Waals surface area contributed by atoms with Crippen molar-refractivity contribution >= 4 is 24.8 Å². The van der Waals surface area contributed by atoms with Gasteiger partial charge < -0.3 is 10.1 Å². The summed E-state index contributed by atoms with van der Waals surface area (Å²) in [6.07, 6.45) is 4.88. The van der Waals surface area contributed by atoms with Crippen molar-refractivity contribution < 1.29 is 4.74 Å². The summed E-state index contributed by atoms with van der Waals surface area (Å²) in [6.45, 7) is 3.79. The molecule has 0 spiro atoms. The van der Waals surface area contributed by atoms with E-state index in [0.717, 1.165) is 25.3 Å². The van der Waals surface area contributed by atoms with Gasteiger partial charge in [-0.1, -0.05) is 6.07 Å². The van der Waals surface area contributed by atoms with Crippen LogP contribution in [-0.2, 0) is 11.3 Å². The van der Waals surface area contributed by atoms with E-state index >= 15 is 0 Å². The molecule has 2 rings (SSSR count). The Balaban J connectivity index is 0.00000112. The van der Waals surface area contributed by atoms with Gasteiger partial charge in [0.25, 0.3) is 0 Å². The van der Waals surface area contributed by atoms with E-state index in [-0.39, 0.29) is 24.8 Å². The third kappa shape index (κ3) is 5.12. The van der Waals surface area contributed by atoms with Crippen molar-refractivity contribution in [2.45, 2.75) is 13.0 Å². The zero-order valence-corrected chi connectivity index (χ0v) is 10.7. The Morgan fingerprint density at radius 3 is 2.94 bits per heavy atom. The molecule has 1 saturated heterocycles. The molecule has 0 aliphatic carbocycles. The van der Waals surface area contributed by atoms with Crippen LogP contribution in [-0.4, -0.2) is 24.7 Å². The molecule has 0 bridgehead atoms. The molecule has 0 amide bonds. The topological polar surface area (TPSA) is 34.1 Å². The van der Waals surface area contributed by atoms with Crippen LogP contribution < -0.4 is 5.32 Å². The maximum Gasteiger partial charge on any atom is 0.0731 e. The Morgan fingerprint density at radius 1 is 1.44 bits per heavy atom. The SMILES string of the molecule is Cl.Cl.c1cncc(COCC2CCNC2)c1. The van der Waals surface area contributed by atoms with Crippen LogP contribution in [0.4, 0.5) is 0 Å². The first kappa shape index (κ1) is 15.7. The molecule has 92 valence electrons. The van der Waals surface area contributed by atoms with Crippen LogP contribution in [0.5, 0.6) is 0 Å². The van der Waals surface area contributed by atoms with Gasteiger partial charge in [-0.25, -0.2) is 0 Å². The van der Waals surface area contributed by atoms with E-state index in [4.69, 9.17) is 4.74 Å². The predicted molar refractivity (Wildman–Crippen MR) is 69.4 cm³/mol. The number of pyridine rings is 1. The maximum atomic E-state index is 5.62. The van der Waals surface area contributed by atoms with E-state index in [1.54, 1.807) is 6.20 Å². The number of ether oxygens (including phenoxy) is 1. The first-order valence-corrected chi connectivity index (χ1v) is 5.12. The molecule has 1 aromatic rings. The van der Waals surface area contributed by atoms with E-state index in [0.29, 0.717) is 12.5 Å². The van der Waals surface area contributed by atoms with Gasteiger partial charge in [-0.2, -0.15) is 0 Å². The second-order valence-corrected chi connectivity index (χ2v) is 3.74. The number of hydrogen-bond donors (Lipinski definition) is 1. The van der Waals surface area contributed by atoms with Crippen molar-refractivity contribution in [2.24, 2.45) is 5.92 Å². The van der Waals surface area contributed by atoms with Crippen LogP contribution in [0, 0.1) is 5.92 Å². The van der Waals surface area contributed by atoms with Gasteiger partial charge in [0.15, 0.2) is 0 Å². The number of aromatic nitrogens is 1.